The number of rotatable bonds is 5. The van der Waals surface area contributed by atoms with Crippen LogP contribution in [0.1, 0.15) is 5.56 Å². The maximum Gasteiger partial charge on any atom is 0.322 e. The van der Waals surface area contributed by atoms with Gasteiger partial charge in [0.05, 0.1) is 21.3 Å². The molecular formula is C12H16BrNO4. The van der Waals surface area contributed by atoms with Crippen LogP contribution < -0.4 is 15.2 Å². The summed E-state index contributed by atoms with van der Waals surface area (Å²) in [7, 11) is 4.43. The second kappa shape index (κ2) is 6.61. The average molecular weight is 318 g/mol. The molecule has 0 heterocycles. The first-order valence-corrected chi connectivity index (χ1v) is 6.06. The van der Waals surface area contributed by atoms with E-state index in [0.717, 1.165) is 10.0 Å². The van der Waals surface area contributed by atoms with Gasteiger partial charge in [0, 0.05) is 0 Å². The first kappa shape index (κ1) is 14.8. The van der Waals surface area contributed by atoms with Crippen molar-refractivity contribution in [2.24, 2.45) is 5.73 Å². The quantitative estimate of drug-likeness (QED) is 0.833. The van der Waals surface area contributed by atoms with Crippen molar-refractivity contribution in [3.05, 3.63) is 22.2 Å². The van der Waals surface area contributed by atoms with Crippen molar-refractivity contribution in [2.75, 3.05) is 21.3 Å². The first-order chi connectivity index (χ1) is 8.53. The lowest BCUT2D eigenvalue weighted by Gasteiger charge is -2.13. The molecule has 100 valence electrons. The van der Waals surface area contributed by atoms with Gasteiger partial charge in [-0.1, -0.05) is 0 Å². The van der Waals surface area contributed by atoms with Crippen molar-refractivity contribution in [3.8, 4) is 11.5 Å². The average Bonchev–Trinajstić information content (AvgIpc) is 2.39. The smallest absolute Gasteiger partial charge is 0.322 e. The SMILES string of the molecule is COC(=O)C(N)Cc1cc(OC)c(Br)c(OC)c1. The zero-order valence-electron chi connectivity index (χ0n) is 10.5. The lowest BCUT2D eigenvalue weighted by molar-refractivity contribution is -0.142. The Labute approximate surface area is 114 Å². The van der Waals surface area contributed by atoms with Crippen molar-refractivity contribution in [2.45, 2.75) is 12.5 Å². The highest BCUT2D eigenvalue weighted by Gasteiger charge is 2.17. The summed E-state index contributed by atoms with van der Waals surface area (Å²) in [5, 5.41) is 0. The molecule has 0 spiro atoms. The molecule has 0 aliphatic rings. The second-order valence-electron chi connectivity index (χ2n) is 3.65. The molecule has 18 heavy (non-hydrogen) atoms. The molecule has 1 aromatic rings. The van der Waals surface area contributed by atoms with E-state index in [2.05, 4.69) is 20.7 Å². The summed E-state index contributed by atoms with van der Waals surface area (Å²) in [6.07, 6.45) is 0.354. The molecule has 0 aliphatic carbocycles. The molecule has 0 saturated carbocycles. The van der Waals surface area contributed by atoms with Gasteiger partial charge in [-0.2, -0.15) is 0 Å². The molecule has 1 unspecified atom stereocenters. The monoisotopic (exact) mass is 317 g/mol. The molecule has 0 aliphatic heterocycles. The van der Waals surface area contributed by atoms with E-state index in [1.54, 1.807) is 26.4 Å². The van der Waals surface area contributed by atoms with Gasteiger partial charge in [-0.3, -0.25) is 4.79 Å². The van der Waals surface area contributed by atoms with Gasteiger partial charge in [-0.25, -0.2) is 0 Å². The molecule has 0 bridgehead atoms. The van der Waals surface area contributed by atoms with Crippen LogP contribution in [0, 0.1) is 0 Å². The van der Waals surface area contributed by atoms with Crippen LogP contribution in [-0.4, -0.2) is 33.3 Å². The molecule has 0 aromatic heterocycles. The van der Waals surface area contributed by atoms with Crippen LogP contribution >= 0.6 is 15.9 Å². The molecule has 1 aromatic carbocycles. The minimum atomic E-state index is -0.703. The topological polar surface area (TPSA) is 70.8 Å². The minimum absolute atomic E-state index is 0.354. The highest BCUT2D eigenvalue weighted by Crippen LogP contribution is 2.35. The van der Waals surface area contributed by atoms with Crippen molar-refractivity contribution in [3.63, 3.8) is 0 Å². The van der Waals surface area contributed by atoms with E-state index in [-0.39, 0.29) is 0 Å². The van der Waals surface area contributed by atoms with Gasteiger partial charge in [0.15, 0.2) is 0 Å². The molecule has 6 heteroatoms. The van der Waals surface area contributed by atoms with E-state index in [9.17, 15) is 4.79 Å². The zero-order valence-corrected chi connectivity index (χ0v) is 12.1. The van der Waals surface area contributed by atoms with E-state index in [1.165, 1.54) is 7.11 Å². The van der Waals surface area contributed by atoms with E-state index in [1.807, 2.05) is 0 Å². The Morgan fingerprint density at radius 2 is 1.78 bits per heavy atom. The number of carbonyl (C=O) groups is 1. The molecule has 5 nitrogen and oxygen atoms in total. The Hall–Kier alpha value is -1.27. The molecule has 0 amide bonds. The third-order valence-corrected chi connectivity index (χ3v) is 3.25. The molecule has 0 saturated heterocycles. The van der Waals surface area contributed by atoms with E-state index in [0.29, 0.717) is 17.9 Å². The summed E-state index contributed by atoms with van der Waals surface area (Å²) in [6, 6.07) is 2.90. The molecule has 0 radical (unpaired) electrons. The molecular weight excluding hydrogens is 302 g/mol. The Morgan fingerprint density at radius 1 is 1.28 bits per heavy atom. The predicted molar refractivity (Wildman–Crippen MR) is 70.9 cm³/mol. The van der Waals surface area contributed by atoms with Crippen molar-refractivity contribution in [1.82, 2.24) is 0 Å². The van der Waals surface area contributed by atoms with Crippen LogP contribution in [0.5, 0.6) is 11.5 Å². The summed E-state index contributed by atoms with van der Waals surface area (Å²) >= 11 is 3.37. The molecule has 2 N–H and O–H groups in total. The Bertz CT molecular complexity index is 411. The Balaban J connectivity index is 2.99. The van der Waals surface area contributed by atoms with Gasteiger partial charge in [-0.05, 0) is 40.0 Å². The summed E-state index contributed by atoms with van der Waals surface area (Å²) in [4.78, 5) is 11.3. The van der Waals surface area contributed by atoms with Crippen LogP contribution in [0.3, 0.4) is 0 Å². The van der Waals surface area contributed by atoms with Gasteiger partial charge >= 0.3 is 5.97 Å². The van der Waals surface area contributed by atoms with Crippen LogP contribution in [0.25, 0.3) is 0 Å². The standard InChI is InChI=1S/C12H16BrNO4/c1-16-9-5-7(4-8(14)12(15)18-3)6-10(17-2)11(9)13/h5-6,8H,4,14H2,1-3H3. The third kappa shape index (κ3) is 3.36. The first-order valence-electron chi connectivity index (χ1n) is 5.27. The fourth-order valence-electron chi connectivity index (χ4n) is 1.53. The maximum atomic E-state index is 11.3. The van der Waals surface area contributed by atoms with Crippen LogP contribution in [0.4, 0.5) is 0 Å². The number of hydrogen-bond acceptors (Lipinski definition) is 5. The highest BCUT2D eigenvalue weighted by atomic mass is 79.9. The fourth-order valence-corrected chi connectivity index (χ4v) is 2.08. The van der Waals surface area contributed by atoms with Crippen molar-refractivity contribution >= 4 is 21.9 Å². The Morgan fingerprint density at radius 3 is 2.17 bits per heavy atom. The maximum absolute atomic E-state index is 11.3. The summed E-state index contributed by atoms with van der Waals surface area (Å²) in [5.74, 6) is 0.804. The van der Waals surface area contributed by atoms with Gasteiger partial charge in [0.2, 0.25) is 0 Å². The summed E-state index contributed by atoms with van der Waals surface area (Å²) in [6.45, 7) is 0. The normalized spacial score (nSPS) is 11.8. The van der Waals surface area contributed by atoms with Gasteiger partial charge < -0.3 is 19.9 Å². The van der Waals surface area contributed by atoms with E-state index < -0.39 is 12.0 Å². The number of methoxy groups -OCH3 is 3. The number of hydrogen-bond donors (Lipinski definition) is 1. The number of esters is 1. The number of halogens is 1. The lowest BCUT2D eigenvalue weighted by Crippen LogP contribution is -2.33. The number of nitrogens with two attached hydrogens (primary N) is 1. The van der Waals surface area contributed by atoms with Gasteiger partial charge in [-0.15, -0.1) is 0 Å². The lowest BCUT2D eigenvalue weighted by atomic mass is 10.1. The largest absolute Gasteiger partial charge is 0.495 e. The van der Waals surface area contributed by atoms with Crippen molar-refractivity contribution in [1.29, 1.82) is 0 Å². The van der Waals surface area contributed by atoms with Crippen LogP contribution in [-0.2, 0) is 16.0 Å². The van der Waals surface area contributed by atoms with Crippen LogP contribution in [0.2, 0.25) is 0 Å². The molecule has 1 atom stereocenters. The summed E-state index contributed by atoms with van der Waals surface area (Å²) in [5.41, 5.74) is 6.55. The summed E-state index contributed by atoms with van der Waals surface area (Å²) < 4.78 is 15.7. The minimum Gasteiger partial charge on any atom is -0.495 e. The zero-order chi connectivity index (χ0) is 13.7. The highest BCUT2D eigenvalue weighted by molar-refractivity contribution is 9.10. The van der Waals surface area contributed by atoms with E-state index >= 15 is 0 Å². The second-order valence-corrected chi connectivity index (χ2v) is 4.44. The predicted octanol–water partition coefficient (Wildman–Crippen LogP) is 1.51. The molecule has 1 rings (SSSR count). The van der Waals surface area contributed by atoms with Crippen LogP contribution in [0.15, 0.2) is 16.6 Å². The van der Waals surface area contributed by atoms with E-state index in [4.69, 9.17) is 15.2 Å². The van der Waals surface area contributed by atoms with Gasteiger partial charge in [0.25, 0.3) is 0 Å². The van der Waals surface area contributed by atoms with Gasteiger partial charge in [0.1, 0.15) is 22.0 Å². The molecule has 0 fully saturated rings. The number of benzene rings is 1. The number of carbonyl (C=O) groups excluding carboxylic acids is 1. The Kier molecular flexibility index (Phi) is 5.43. The number of ether oxygens (including phenoxy) is 3. The van der Waals surface area contributed by atoms with Crippen molar-refractivity contribution < 1.29 is 19.0 Å². The fraction of sp³-hybridized carbons (Fsp3) is 0.417. The third-order valence-electron chi connectivity index (χ3n) is 2.47.